The zero-order chi connectivity index (χ0) is 76.7. The summed E-state index contributed by atoms with van der Waals surface area (Å²) in [5, 5.41) is -0.168. The lowest BCUT2D eigenvalue weighted by Gasteiger charge is -2.50. The monoisotopic (exact) mass is 1580 g/mol. The van der Waals surface area contributed by atoms with E-state index < -0.39 is 53.6 Å². The molecule has 24 heteroatoms. The number of aryl methyl sites for hydroxylation is 2. The number of morpholine rings is 2. The third-order valence-corrected chi connectivity index (χ3v) is 30.7. The van der Waals surface area contributed by atoms with Crippen LogP contribution in [0.1, 0.15) is 157 Å². The normalized spacial score (nSPS) is 31.6. The fourth-order valence-electron chi connectivity index (χ4n) is 19.4. The van der Waals surface area contributed by atoms with Crippen LogP contribution in [-0.4, -0.2) is 165 Å². The van der Waals surface area contributed by atoms with Gasteiger partial charge in [-0.05, 0) is 221 Å². The number of nitrogens with zero attached hydrogens (tertiary/aromatic N) is 6. The lowest BCUT2D eigenvalue weighted by atomic mass is 9.62. The molecular formula is C86H106Cl2N8O12S2. The first kappa shape index (κ1) is 78.3. The first-order valence-corrected chi connectivity index (χ1v) is 43.5. The Bertz CT molecular complexity index is 4400. The van der Waals surface area contributed by atoms with Gasteiger partial charge in [0, 0.05) is 159 Å². The minimum absolute atomic E-state index is 0.117. The molecule has 4 fully saturated rings. The summed E-state index contributed by atoms with van der Waals surface area (Å²) in [4.78, 5) is 46.5. The maximum Gasteiger partial charge on any atom is 0.264 e. The number of amides is 2. The zero-order valence-electron chi connectivity index (χ0n) is 64.3. The highest BCUT2D eigenvalue weighted by atomic mass is 35.5. The molecule has 10 aliphatic rings. The third kappa shape index (κ3) is 15.8. The molecule has 2 saturated carbocycles. The van der Waals surface area contributed by atoms with Crippen LogP contribution in [0.2, 0.25) is 10.0 Å². The van der Waals surface area contributed by atoms with Crippen molar-refractivity contribution in [3.05, 3.63) is 200 Å². The number of methoxy groups -OCH3 is 2. The second-order valence-electron chi connectivity index (χ2n) is 33.0. The molecule has 2 N–H and O–H groups in total. The van der Waals surface area contributed by atoms with E-state index in [2.05, 4.69) is 89.7 Å². The number of hydrogen-bond acceptors (Lipinski definition) is 18. The highest BCUT2D eigenvalue weighted by molar-refractivity contribution is 7.91. The number of ether oxygens (including phenoxy) is 6. The fraction of sp³-hybridized carbons (Fsp3) is 0.535. The Morgan fingerprint density at radius 3 is 1.35 bits per heavy atom. The Hall–Kier alpha value is -6.96. The van der Waals surface area contributed by atoms with Gasteiger partial charge in [0.2, 0.25) is 20.0 Å². The van der Waals surface area contributed by atoms with Crippen LogP contribution in [-0.2, 0) is 87.0 Å². The highest BCUT2D eigenvalue weighted by Crippen LogP contribution is 2.55. The summed E-state index contributed by atoms with van der Waals surface area (Å²) < 4.78 is 97.5. The number of carbonyl (C=O) groups excluding carboxylic acids is 2. The molecule has 110 heavy (non-hydrogen) atoms. The van der Waals surface area contributed by atoms with E-state index in [-0.39, 0.29) is 57.5 Å². The average molecular weight is 1580 g/mol. The summed E-state index contributed by atoms with van der Waals surface area (Å²) in [7, 11) is -4.41. The number of halogens is 2. The van der Waals surface area contributed by atoms with Gasteiger partial charge in [-0.2, -0.15) is 0 Å². The topological polar surface area (TPSA) is 221 Å². The van der Waals surface area contributed by atoms with Crippen molar-refractivity contribution in [2.45, 2.75) is 150 Å². The van der Waals surface area contributed by atoms with E-state index in [1.54, 1.807) is 40.2 Å². The van der Waals surface area contributed by atoms with Gasteiger partial charge in [-0.1, -0.05) is 73.5 Å². The van der Waals surface area contributed by atoms with Crippen LogP contribution in [0, 0.1) is 35.5 Å². The standard InChI is InChI=1S/2C43H53ClN4O6S/c2*1-29-6-4-15-43(52-3,35-20-31(23-45-24-35)25-47-16-18-53-19-17-47)38-11-8-34(38)26-48-27-42(14-5-7-32-21-36(44)10-12-37(32)42)28-54-40-13-9-33(22-39(40)48)41(49)46-55(50,51)30(29)2/h2*4,9-10,12-13,15,20-24,29-30,34,38H,5-8,11,14,16-19,25-28H2,1-3H3,(H,46,49)/b2*15-4+/t29-,30+,34-,38+,42-,43+;29-,30+,34-,38+,42-,43-/m00/s1. The van der Waals surface area contributed by atoms with Crippen molar-refractivity contribution in [1.82, 2.24) is 29.2 Å². The number of hydrogen-bond donors (Lipinski definition) is 2. The molecule has 16 rings (SSSR count). The van der Waals surface area contributed by atoms with E-state index in [1.165, 1.54) is 22.3 Å². The number of benzene rings is 4. The Labute approximate surface area is 659 Å². The number of anilines is 2. The second kappa shape index (κ2) is 32.5. The van der Waals surface area contributed by atoms with Crippen molar-refractivity contribution in [3.8, 4) is 11.5 Å². The molecule has 6 aromatic rings. The van der Waals surface area contributed by atoms with Gasteiger partial charge in [0.15, 0.2) is 0 Å². The number of sulfonamides is 2. The number of pyridine rings is 2. The fourth-order valence-corrected chi connectivity index (χ4v) is 22.4. The van der Waals surface area contributed by atoms with Crippen molar-refractivity contribution >= 4 is 66.4 Å². The van der Waals surface area contributed by atoms with E-state index in [9.17, 15) is 26.4 Å². The van der Waals surface area contributed by atoms with Crippen molar-refractivity contribution in [2.24, 2.45) is 35.5 Å². The summed E-state index contributed by atoms with van der Waals surface area (Å²) >= 11 is 13.0. The summed E-state index contributed by atoms with van der Waals surface area (Å²) in [6, 6.07) is 27.6. The van der Waals surface area contributed by atoms with Crippen LogP contribution >= 0.6 is 23.2 Å². The number of carbonyl (C=O) groups is 2. The SMILES string of the molecule is CO[C@@]1(c2cncc(CN3CCOCC3)c2)/C=C/C[C@H](C)[C@@H](C)S(=O)(=O)NC(=O)c2ccc3c(c2)N(C[C@@H]2CC[C@H]21)C[C@@]1(CCCc2cc(Cl)ccc21)CO3.CO[C@]1(c2cncc(CN3CCOCC3)c2)/C=C/C[C@H](C)[C@@H](C)S(=O)(=O)NC(=O)c2ccc3c(c2)N(C[C@@H]2CC[C@H]21)C[C@@]1(CCCc2cc(Cl)ccc21)CO3. The molecule has 2 aromatic heterocycles. The van der Waals surface area contributed by atoms with Gasteiger partial charge in [-0.3, -0.25) is 29.4 Å². The first-order valence-electron chi connectivity index (χ1n) is 39.7. The summed E-state index contributed by atoms with van der Waals surface area (Å²) in [6.45, 7) is 18.9. The van der Waals surface area contributed by atoms with Gasteiger partial charge < -0.3 is 38.2 Å². The first-order chi connectivity index (χ1) is 53.0. The van der Waals surface area contributed by atoms with Crippen LogP contribution in [0.15, 0.2) is 134 Å². The molecule has 4 bridgehead atoms. The molecule has 2 amide bonds. The van der Waals surface area contributed by atoms with Gasteiger partial charge in [0.05, 0.1) is 61.5 Å². The van der Waals surface area contributed by atoms with Crippen LogP contribution in [0.4, 0.5) is 11.4 Å². The molecule has 2 spiro atoms. The molecule has 4 aromatic carbocycles. The van der Waals surface area contributed by atoms with Crippen LogP contribution in [0.5, 0.6) is 11.5 Å². The lowest BCUT2D eigenvalue weighted by Crippen LogP contribution is -2.52. The third-order valence-electron chi connectivity index (χ3n) is 26.4. The van der Waals surface area contributed by atoms with Gasteiger partial charge in [0.25, 0.3) is 11.8 Å². The van der Waals surface area contributed by atoms with Crippen molar-refractivity contribution in [1.29, 1.82) is 0 Å². The van der Waals surface area contributed by atoms with Crippen molar-refractivity contribution < 1.29 is 54.8 Å². The van der Waals surface area contributed by atoms with Crippen molar-refractivity contribution in [3.63, 3.8) is 0 Å². The Kier molecular flexibility index (Phi) is 23.1. The molecule has 12 atom stereocenters. The lowest BCUT2D eigenvalue weighted by molar-refractivity contribution is -0.0807. The molecule has 6 aliphatic heterocycles. The zero-order valence-corrected chi connectivity index (χ0v) is 67.4. The minimum Gasteiger partial charge on any atom is -0.490 e. The molecule has 588 valence electrons. The second-order valence-corrected chi connectivity index (χ2v) is 37.9. The largest absolute Gasteiger partial charge is 0.490 e. The molecular weight excluding hydrogens is 1470 g/mol. The molecule has 0 unspecified atom stereocenters. The Morgan fingerprint density at radius 2 is 0.955 bits per heavy atom. The van der Waals surface area contributed by atoms with E-state index in [1.807, 2.05) is 75.0 Å². The maximum absolute atomic E-state index is 13.7. The van der Waals surface area contributed by atoms with Gasteiger partial charge in [-0.25, -0.2) is 26.3 Å². The van der Waals surface area contributed by atoms with E-state index in [0.717, 1.165) is 174 Å². The molecule has 8 heterocycles. The number of rotatable bonds is 8. The quantitative estimate of drug-likeness (QED) is 0.135. The van der Waals surface area contributed by atoms with Gasteiger partial charge in [0.1, 0.15) is 22.7 Å². The highest BCUT2D eigenvalue weighted by Gasteiger charge is 2.53. The summed E-state index contributed by atoms with van der Waals surface area (Å²) in [6.07, 6.45) is 27.1. The summed E-state index contributed by atoms with van der Waals surface area (Å²) in [5.74, 6) is 0.285. The number of nitrogens with one attached hydrogen (secondary N) is 2. The predicted octanol–water partition coefficient (Wildman–Crippen LogP) is 13.3. The van der Waals surface area contributed by atoms with Crippen molar-refractivity contribution in [2.75, 3.05) is 116 Å². The molecule has 4 aliphatic carbocycles. The number of allylic oxidation sites excluding steroid dienone is 2. The predicted molar refractivity (Wildman–Crippen MR) is 428 cm³/mol. The minimum atomic E-state index is -4.00. The number of aromatic nitrogens is 2. The van der Waals surface area contributed by atoms with E-state index >= 15 is 0 Å². The molecule has 2 saturated heterocycles. The smallest absolute Gasteiger partial charge is 0.264 e. The summed E-state index contributed by atoms with van der Waals surface area (Å²) in [5.41, 5.74) is 9.29. The maximum atomic E-state index is 13.7. The van der Waals surface area contributed by atoms with E-state index in [4.69, 9.17) is 61.6 Å². The van der Waals surface area contributed by atoms with E-state index in [0.29, 0.717) is 63.7 Å². The van der Waals surface area contributed by atoms with Gasteiger partial charge in [-0.15, -0.1) is 0 Å². The van der Waals surface area contributed by atoms with Gasteiger partial charge >= 0.3 is 0 Å². The Balaban J connectivity index is 0.000000175. The number of fused-ring (bicyclic) bond motifs is 8. The molecule has 0 radical (unpaired) electrons. The van der Waals surface area contributed by atoms with Crippen LogP contribution in [0.25, 0.3) is 0 Å². The average Bonchev–Trinajstić information content (AvgIpc) is 1.31. The van der Waals surface area contributed by atoms with Crippen LogP contribution in [0.3, 0.4) is 0 Å². The Morgan fingerprint density at radius 1 is 0.536 bits per heavy atom. The van der Waals surface area contributed by atoms with Crippen LogP contribution < -0.4 is 28.7 Å². The molecule has 20 nitrogen and oxygen atoms in total.